The Labute approximate surface area is 326 Å². The van der Waals surface area contributed by atoms with Crippen molar-refractivity contribution in [1.29, 1.82) is 0 Å². The van der Waals surface area contributed by atoms with Crippen LogP contribution in [-0.2, 0) is 5.41 Å². The topological polar surface area (TPSA) is 9.86 Å². The van der Waals surface area contributed by atoms with Gasteiger partial charge in [0.05, 0.1) is 22.1 Å². The molecule has 266 valence electrons. The van der Waals surface area contributed by atoms with Crippen molar-refractivity contribution in [1.82, 2.24) is 9.13 Å². The summed E-state index contributed by atoms with van der Waals surface area (Å²) in [4.78, 5) is 0. The van der Waals surface area contributed by atoms with Gasteiger partial charge in [0.25, 0.3) is 0 Å². The highest BCUT2D eigenvalue weighted by Gasteiger charge is 2.44. The van der Waals surface area contributed by atoms with E-state index in [0.717, 1.165) is 0 Å². The fraction of sp³-hybridized carbons (Fsp3) is 0.111. The first-order valence-electron chi connectivity index (χ1n) is 20.2. The van der Waals surface area contributed by atoms with Crippen molar-refractivity contribution in [2.24, 2.45) is 0 Å². The van der Waals surface area contributed by atoms with Gasteiger partial charge in [-0.1, -0.05) is 135 Å². The van der Waals surface area contributed by atoms with Crippen LogP contribution in [0.15, 0.2) is 182 Å². The number of aromatic nitrogens is 2. The summed E-state index contributed by atoms with van der Waals surface area (Å²) >= 11 is 0. The minimum atomic E-state index is 0.0547. The molecule has 1 fully saturated rings. The predicted molar refractivity (Wildman–Crippen MR) is 235 cm³/mol. The highest BCUT2D eigenvalue weighted by Crippen LogP contribution is 2.58. The van der Waals surface area contributed by atoms with Crippen LogP contribution < -0.4 is 0 Å². The molecule has 2 aliphatic rings. The zero-order chi connectivity index (χ0) is 36.8. The Bertz CT molecular complexity index is 3160. The second kappa shape index (κ2) is 12.2. The molecule has 2 heterocycles. The van der Waals surface area contributed by atoms with Crippen molar-refractivity contribution in [2.75, 3.05) is 0 Å². The molecule has 2 aliphatic carbocycles. The Morgan fingerprint density at radius 3 is 1.64 bits per heavy atom. The average molecular weight is 717 g/mol. The summed E-state index contributed by atoms with van der Waals surface area (Å²) in [6.45, 7) is 0. The van der Waals surface area contributed by atoms with Gasteiger partial charge in [0, 0.05) is 38.3 Å². The monoisotopic (exact) mass is 716 g/mol. The molecule has 0 aliphatic heterocycles. The van der Waals surface area contributed by atoms with E-state index >= 15 is 0 Å². The van der Waals surface area contributed by atoms with Crippen LogP contribution >= 0.6 is 0 Å². The lowest BCUT2D eigenvalue weighted by Crippen LogP contribution is -2.28. The highest BCUT2D eigenvalue weighted by atomic mass is 15.0. The molecule has 1 saturated carbocycles. The first kappa shape index (κ1) is 31.7. The number of nitrogens with zero attached hydrogens (tertiary/aromatic N) is 2. The number of fused-ring (bicyclic) bond motifs is 11. The van der Waals surface area contributed by atoms with E-state index in [1.54, 1.807) is 0 Å². The zero-order valence-electron chi connectivity index (χ0n) is 31.3. The number of hydrogen-bond donors (Lipinski definition) is 0. The number of para-hydroxylation sites is 3. The third kappa shape index (κ3) is 4.56. The van der Waals surface area contributed by atoms with E-state index in [0.29, 0.717) is 0 Å². The van der Waals surface area contributed by atoms with Crippen molar-refractivity contribution in [2.45, 2.75) is 37.5 Å². The third-order valence-corrected chi connectivity index (χ3v) is 13.1. The zero-order valence-corrected chi connectivity index (χ0v) is 31.3. The quantitative estimate of drug-likeness (QED) is 0.172. The van der Waals surface area contributed by atoms with Crippen LogP contribution in [0.5, 0.6) is 0 Å². The molecule has 56 heavy (non-hydrogen) atoms. The number of hydrogen-bond acceptors (Lipinski definition) is 0. The summed E-state index contributed by atoms with van der Waals surface area (Å²) in [6.07, 6.45) is 6.28. The molecule has 0 bridgehead atoms. The Balaban J connectivity index is 1.07. The molecule has 2 heteroatoms. The molecule has 0 amide bonds. The maximum atomic E-state index is 2.60. The SMILES string of the molecule is c1ccc(-c2cccc(-n3c4ccccc4c4cc5c(cc43)-c3cc(-c4ccc6c(c4)c4ccccc4n6-c4ccccc4)ccc3C53CCCCC3)c2)cc1. The van der Waals surface area contributed by atoms with E-state index in [1.165, 1.54) is 132 Å². The van der Waals surface area contributed by atoms with Gasteiger partial charge in [-0.15, -0.1) is 0 Å². The van der Waals surface area contributed by atoms with Crippen LogP contribution in [0.1, 0.15) is 43.2 Å². The van der Waals surface area contributed by atoms with Crippen LogP contribution in [0.2, 0.25) is 0 Å². The van der Waals surface area contributed by atoms with Crippen LogP contribution in [0, 0.1) is 0 Å². The van der Waals surface area contributed by atoms with Crippen molar-refractivity contribution >= 4 is 43.6 Å². The maximum absolute atomic E-state index is 2.60. The summed E-state index contributed by atoms with van der Waals surface area (Å²) in [5.74, 6) is 0. The lowest BCUT2D eigenvalue weighted by atomic mass is 9.67. The molecule has 0 radical (unpaired) electrons. The summed E-state index contributed by atoms with van der Waals surface area (Å²) in [6, 6.07) is 68.0. The minimum absolute atomic E-state index is 0.0547. The summed E-state index contributed by atoms with van der Waals surface area (Å²) < 4.78 is 4.91. The Kier molecular flexibility index (Phi) is 6.89. The molecule has 2 aromatic heterocycles. The second-order valence-corrected chi connectivity index (χ2v) is 16.0. The molecule has 0 unspecified atom stereocenters. The molecule has 1 spiro atoms. The van der Waals surface area contributed by atoms with E-state index in [1.807, 2.05) is 0 Å². The molecule has 10 aromatic rings. The van der Waals surface area contributed by atoms with E-state index in [4.69, 9.17) is 0 Å². The minimum Gasteiger partial charge on any atom is -0.309 e. The molecule has 0 atom stereocenters. The number of benzene rings is 8. The summed E-state index contributed by atoms with van der Waals surface area (Å²) in [7, 11) is 0. The Hall–Kier alpha value is -6.64. The normalized spacial score (nSPS) is 14.6. The van der Waals surface area contributed by atoms with Crippen molar-refractivity contribution < 1.29 is 0 Å². The van der Waals surface area contributed by atoms with Gasteiger partial charge in [0.1, 0.15) is 0 Å². The van der Waals surface area contributed by atoms with Crippen LogP contribution in [-0.4, -0.2) is 9.13 Å². The smallest absolute Gasteiger partial charge is 0.0547 e. The molecular weight excluding hydrogens is 677 g/mol. The fourth-order valence-electron chi connectivity index (χ4n) is 10.6. The first-order chi connectivity index (χ1) is 27.7. The van der Waals surface area contributed by atoms with Gasteiger partial charge < -0.3 is 9.13 Å². The molecule has 0 saturated heterocycles. The maximum Gasteiger partial charge on any atom is 0.0547 e. The fourth-order valence-corrected chi connectivity index (χ4v) is 10.6. The van der Waals surface area contributed by atoms with Gasteiger partial charge in [0.2, 0.25) is 0 Å². The lowest BCUT2D eigenvalue weighted by Gasteiger charge is -2.36. The predicted octanol–water partition coefficient (Wildman–Crippen LogP) is 14.4. The van der Waals surface area contributed by atoms with Crippen molar-refractivity contribution in [3.8, 4) is 44.8 Å². The van der Waals surface area contributed by atoms with Gasteiger partial charge in [-0.2, -0.15) is 0 Å². The number of rotatable bonds is 4. The summed E-state index contributed by atoms with van der Waals surface area (Å²) in [5, 5.41) is 5.24. The van der Waals surface area contributed by atoms with E-state index in [2.05, 4.69) is 191 Å². The Morgan fingerprint density at radius 1 is 0.321 bits per heavy atom. The van der Waals surface area contributed by atoms with Gasteiger partial charge in [-0.05, 0) is 124 Å². The van der Waals surface area contributed by atoms with Crippen LogP contribution in [0.3, 0.4) is 0 Å². The van der Waals surface area contributed by atoms with Gasteiger partial charge in [0.15, 0.2) is 0 Å². The van der Waals surface area contributed by atoms with Gasteiger partial charge in [-0.25, -0.2) is 0 Å². The van der Waals surface area contributed by atoms with E-state index < -0.39 is 0 Å². The molecule has 12 rings (SSSR count). The molecule has 0 N–H and O–H groups in total. The lowest BCUT2D eigenvalue weighted by molar-refractivity contribution is 0.353. The van der Waals surface area contributed by atoms with E-state index in [-0.39, 0.29) is 5.41 Å². The standard InChI is InChI=1S/C54H40N2/c1-4-15-36(16-5-1)37-17-14-20-41(31-37)56-51-24-11-9-22-43(51)47-34-49-45(35-53(47)56)44-32-38(25-27-48(44)54(49)29-12-3-13-30-54)39-26-28-52-46(33-39)42-21-8-10-23-50(42)55(52)40-18-6-2-7-19-40/h1-2,4-11,14-28,31-35H,3,12-13,29-30H2. The second-order valence-electron chi connectivity index (χ2n) is 16.0. The molecule has 8 aromatic carbocycles. The largest absolute Gasteiger partial charge is 0.309 e. The summed E-state index contributed by atoms with van der Waals surface area (Å²) in [5.41, 5.74) is 18.3. The average Bonchev–Trinajstić information content (AvgIpc) is 3.87. The van der Waals surface area contributed by atoms with Crippen LogP contribution in [0.25, 0.3) is 88.4 Å². The van der Waals surface area contributed by atoms with Crippen molar-refractivity contribution in [3.63, 3.8) is 0 Å². The van der Waals surface area contributed by atoms with Crippen molar-refractivity contribution in [3.05, 3.63) is 193 Å². The third-order valence-electron chi connectivity index (χ3n) is 13.1. The van der Waals surface area contributed by atoms with E-state index in [9.17, 15) is 0 Å². The van der Waals surface area contributed by atoms with Gasteiger partial charge in [-0.3, -0.25) is 0 Å². The van der Waals surface area contributed by atoms with Gasteiger partial charge >= 0.3 is 0 Å². The molecular formula is C54H40N2. The van der Waals surface area contributed by atoms with Crippen LogP contribution in [0.4, 0.5) is 0 Å². The Morgan fingerprint density at radius 2 is 0.875 bits per heavy atom. The molecule has 2 nitrogen and oxygen atoms in total. The highest BCUT2D eigenvalue weighted by molar-refractivity contribution is 6.12. The first-order valence-corrected chi connectivity index (χ1v) is 20.2.